The maximum atomic E-state index is 5.84. The van der Waals surface area contributed by atoms with Crippen LogP contribution in [0.3, 0.4) is 0 Å². The minimum atomic E-state index is 0.698. The molecule has 0 radical (unpaired) electrons. The van der Waals surface area contributed by atoms with E-state index in [-0.39, 0.29) is 0 Å². The average Bonchev–Trinajstić information content (AvgIpc) is 2.39. The van der Waals surface area contributed by atoms with Crippen LogP contribution in [0.2, 0.25) is 0 Å². The summed E-state index contributed by atoms with van der Waals surface area (Å²) in [6, 6.07) is 13.5. The molecule has 2 aromatic carbocycles. The van der Waals surface area contributed by atoms with Crippen molar-refractivity contribution >= 4 is 5.69 Å². The van der Waals surface area contributed by atoms with Gasteiger partial charge in [-0.25, -0.2) is 0 Å². The van der Waals surface area contributed by atoms with Gasteiger partial charge in [0.05, 0.1) is 7.11 Å². The monoisotopic (exact) mass is 237 g/mol. The Kier molecular flexibility index (Phi) is 3.54. The van der Waals surface area contributed by atoms with Crippen LogP contribution in [0.15, 0.2) is 42.5 Å². The quantitative estimate of drug-likeness (QED) is 0.611. The molecule has 0 saturated heterocycles. The molecular weight excluding hydrogens is 222 g/mol. The van der Waals surface area contributed by atoms with Crippen molar-refractivity contribution in [3.8, 4) is 17.6 Å². The molecule has 0 amide bonds. The smallest absolute Gasteiger partial charge is 0.123 e. The first kappa shape index (κ1) is 12.1. The van der Waals surface area contributed by atoms with Gasteiger partial charge in [0.2, 0.25) is 0 Å². The highest BCUT2D eigenvalue weighted by Gasteiger charge is 1.98. The van der Waals surface area contributed by atoms with Gasteiger partial charge in [-0.3, -0.25) is 0 Å². The van der Waals surface area contributed by atoms with Gasteiger partial charge >= 0.3 is 0 Å². The van der Waals surface area contributed by atoms with Gasteiger partial charge in [0.1, 0.15) is 5.75 Å². The first-order valence-corrected chi connectivity index (χ1v) is 5.72. The standard InChI is InChI=1S/C16H15NO/c1-12-7-8-13(11-16(12)18-2)9-10-14-5-3-4-6-15(14)17/h3-8,11H,17H2,1-2H3. The zero-order valence-corrected chi connectivity index (χ0v) is 10.5. The molecule has 0 heterocycles. The van der Waals surface area contributed by atoms with Gasteiger partial charge in [-0.15, -0.1) is 0 Å². The van der Waals surface area contributed by atoms with E-state index in [0.29, 0.717) is 5.69 Å². The third kappa shape index (κ3) is 2.64. The third-order valence-corrected chi connectivity index (χ3v) is 2.71. The second-order valence-corrected chi connectivity index (χ2v) is 4.02. The van der Waals surface area contributed by atoms with E-state index in [4.69, 9.17) is 10.5 Å². The first-order valence-electron chi connectivity index (χ1n) is 5.72. The van der Waals surface area contributed by atoms with Crippen molar-refractivity contribution in [1.82, 2.24) is 0 Å². The van der Waals surface area contributed by atoms with Crippen LogP contribution in [-0.4, -0.2) is 7.11 Å². The van der Waals surface area contributed by atoms with Crippen LogP contribution in [0.1, 0.15) is 16.7 Å². The van der Waals surface area contributed by atoms with Crippen LogP contribution < -0.4 is 10.5 Å². The van der Waals surface area contributed by atoms with Gasteiger partial charge < -0.3 is 10.5 Å². The Labute approximate surface area is 107 Å². The number of para-hydroxylation sites is 1. The summed E-state index contributed by atoms with van der Waals surface area (Å²) in [4.78, 5) is 0. The van der Waals surface area contributed by atoms with Crippen LogP contribution in [0.4, 0.5) is 5.69 Å². The molecule has 0 fully saturated rings. The number of anilines is 1. The van der Waals surface area contributed by atoms with Gasteiger partial charge in [0.15, 0.2) is 0 Å². The van der Waals surface area contributed by atoms with Crippen LogP contribution in [-0.2, 0) is 0 Å². The van der Waals surface area contributed by atoms with Crippen molar-refractivity contribution in [2.75, 3.05) is 12.8 Å². The van der Waals surface area contributed by atoms with E-state index in [0.717, 1.165) is 22.4 Å². The van der Waals surface area contributed by atoms with E-state index in [2.05, 4.69) is 11.8 Å². The molecule has 0 saturated carbocycles. The lowest BCUT2D eigenvalue weighted by molar-refractivity contribution is 0.411. The normalized spacial score (nSPS) is 9.44. The zero-order valence-electron chi connectivity index (χ0n) is 10.5. The number of rotatable bonds is 1. The fourth-order valence-corrected chi connectivity index (χ4v) is 1.65. The highest BCUT2D eigenvalue weighted by atomic mass is 16.5. The molecule has 18 heavy (non-hydrogen) atoms. The molecule has 0 bridgehead atoms. The lowest BCUT2D eigenvalue weighted by Crippen LogP contribution is -1.89. The van der Waals surface area contributed by atoms with E-state index in [1.54, 1.807) is 7.11 Å². The number of nitrogens with two attached hydrogens (primary N) is 1. The van der Waals surface area contributed by atoms with Crippen LogP contribution in [0.5, 0.6) is 5.75 Å². The molecule has 0 aliphatic rings. The molecule has 2 rings (SSSR count). The molecule has 0 aliphatic carbocycles. The van der Waals surface area contributed by atoms with Gasteiger partial charge in [-0.1, -0.05) is 30.0 Å². The summed E-state index contributed by atoms with van der Waals surface area (Å²) in [6.07, 6.45) is 0. The van der Waals surface area contributed by atoms with Crippen molar-refractivity contribution in [3.63, 3.8) is 0 Å². The van der Waals surface area contributed by atoms with Crippen LogP contribution in [0.25, 0.3) is 0 Å². The summed E-state index contributed by atoms with van der Waals surface area (Å²) >= 11 is 0. The molecule has 2 aromatic rings. The number of hydrogen-bond donors (Lipinski definition) is 1. The van der Waals surface area contributed by atoms with E-state index < -0.39 is 0 Å². The van der Waals surface area contributed by atoms with Gasteiger partial charge in [-0.05, 0) is 36.8 Å². The second-order valence-electron chi connectivity index (χ2n) is 4.02. The second kappa shape index (κ2) is 5.29. The van der Waals surface area contributed by atoms with Gasteiger partial charge in [0.25, 0.3) is 0 Å². The largest absolute Gasteiger partial charge is 0.496 e. The Morgan fingerprint density at radius 2 is 1.83 bits per heavy atom. The summed E-state index contributed by atoms with van der Waals surface area (Å²) in [6.45, 7) is 2.01. The number of ether oxygens (including phenoxy) is 1. The molecule has 0 aromatic heterocycles. The Morgan fingerprint density at radius 1 is 1.06 bits per heavy atom. The molecule has 0 unspecified atom stereocenters. The highest BCUT2D eigenvalue weighted by Crippen LogP contribution is 2.18. The summed E-state index contributed by atoms with van der Waals surface area (Å²) in [5, 5.41) is 0. The van der Waals surface area contributed by atoms with Crippen molar-refractivity contribution in [1.29, 1.82) is 0 Å². The van der Waals surface area contributed by atoms with E-state index in [1.165, 1.54) is 0 Å². The maximum absolute atomic E-state index is 5.84. The van der Waals surface area contributed by atoms with Crippen molar-refractivity contribution in [2.24, 2.45) is 0 Å². The summed E-state index contributed by atoms with van der Waals surface area (Å²) in [5.41, 5.74) is 9.40. The molecule has 90 valence electrons. The molecule has 0 spiro atoms. The zero-order chi connectivity index (χ0) is 13.0. The molecule has 2 N–H and O–H groups in total. The third-order valence-electron chi connectivity index (χ3n) is 2.71. The summed E-state index contributed by atoms with van der Waals surface area (Å²) in [5.74, 6) is 7.01. The Balaban J connectivity index is 2.33. The fraction of sp³-hybridized carbons (Fsp3) is 0.125. The van der Waals surface area contributed by atoms with E-state index in [1.807, 2.05) is 49.4 Å². The number of benzene rings is 2. The number of hydrogen-bond acceptors (Lipinski definition) is 2. The predicted molar refractivity (Wildman–Crippen MR) is 74.6 cm³/mol. The minimum Gasteiger partial charge on any atom is -0.496 e. The van der Waals surface area contributed by atoms with Crippen molar-refractivity contribution in [3.05, 3.63) is 59.2 Å². The van der Waals surface area contributed by atoms with E-state index >= 15 is 0 Å². The Morgan fingerprint density at radius 3 is 2.56 bits per heavy atom. The van der Waals surface area contributed by atoms with Crippen molar-refractivity contribution < 1.29 is 4.74 Å². The summed E-state index contributed by atoms with van der Waals surface area (Å²) < 4.78 is 5.27. The SMILES string of the molecule is COc1cc(C#Cc2ccccc2N)ccc1C. The molecule has 0 aliphatic heterocycles. The summed E-state index contributed by atoms with van der Waals surface area (Å²) in [7, 11) is 1.66. The Hall–Kier alpha value is -2.40. The Bertz CT molecular complexity index is 620. The fourth-order valence-electron chi connectivity index (χ4n) is 1.65. The number of nitrogen functional groups attached to an aromatic ring is 1. The molecule has 0 atom stereocenters. The van der Waals surface area contributed by atoms with E-state index in [9.17, 15) is 0 Å². The molecule has 2 heteroatoms. The van der Waals surface area contributed by atoms with Gasteiger partial charge in [-0.2, -0.15) is 0 Å². The minimum absolute atomic E-state index is 0.698. The van der Waals surface area contributed by atoms with Crippen LogP contribution in [0, 0.1) is 18.8 Å². The lowest BCUT2D eigenvalue weighted by Gasteiger charge is -2.03. The maximum Gasteiger partial charge on any atom is 0.123 e. The first-order chi connectivity index (χ1) is 8.70. The molecule has 2 nitrogen and oxygen atoms in total. The lowest BCUT2D eigenvalue weighted by atomic mass is 10.1. The topological polar surface area (TPSA) is 35.2 Å². The van der Waals surface area contributed by atoms with Crippen LogP contribution >= 0.6 is 0 Å². The molecular formula is C16H15NO. The predicted octanol–water partition coefficient (Wildman–Crippen LogP) is 2.99. The van der Waals surface area contributed by atoms with Crippen molar-refractivity contribution in [2.45, 2.75) is 6.92 Å². The number of aryl methyl sites for hydroxylation is 1. The average molecular weight is 237 g/mol. The highest BCUT2D eigenvalue weighted by molar-refractivity contribution is 5.57. The van der Waals surface area contributed by atoms with Gasteiger partial charge in [0, 0.05) is 16.8 Å². The number of methoxy groups -OCH3 is 1.